The molecule has 0 aliphatic carbocycles. The quantitative estimate of drug-likeness (QED) is 0.693. The van der Waals surface area contributed by atoms with Gasteiger partial charge in [0.05, 0.1) is 33.8 Å². The van der Waals surface area contributed by atoms with Crippen LogP contribution in [0.4, 0.5) is 5.13 Å². The maximum Gasteiger partial charge on any atom is 0.240 e. The molecule has 0 bridgehead atoms. The van der Waals surface area contributed by atoms with Crippen LogP contribution in [0, 0.1) is 11.3 Å². The lowest BCUT2D eigenvalue weighted by Gasteiger charge is -2.37. The van der Waals surface area contributed by atoms with Crippen LogP contribution in [0.5, 0.6) is 0 Å². The van der Waals surface area contributed by atoms with Gasteiger partial charge in [-0.2, -0.15) is 5.26 Å². The number of thioether (sulfide) groups is 1. The maximum atomic E-state index is 12.6. The van der Waals surface area contributed by atoms with Crippen molar-refractivity contribution in [1.82, 2.24) is 20.1 Å². The van der Waals surface area contributed by atoms with Crippen LogP contribution in [-0.4, -0.2) is 83.7 Å². The van der Waals surface area contributed by atoms with E-state index in [1.807, 2.05) is 34.9 Å². The molecule has 1 aromatic carbocycles. The molecule has 0 spiro atoms. The summed E-state index contributed by atoms with van der Waals surface area (Å²) in [5.74, 6) is 2.19. The number of hydrogen-bond acceptors (Lipinski definition) is 8. The van der Waals surface area contributed by atoms with E-state index < -0.39 is 0 Å². The lowest BCUT2D eigenvalue weighted by Crippen LogP contribution is -2.51. The smallest absolute Gasteiger partial charge is 0.240 e. The van der Waals surface area contributed by atoms with Gasteiger partial charge in [-0.3, -0.25) is 9.69 Å². The van der Waals surface area contributed by atoms with Crippen LogP contribution in [0.15, 0.2) is 18.2 Å². The largest absolute Gasteiger partial charge is 0.345 e. The Kier molecular flexibility index (Phi) is 8.30. The number of fused-ring (bicyclic) bond motifs is 1. The summed E-state index contributed by atoms with van der Waals surface area (Å²) >= 11 is 3.54. The Morgan fingerprint density at radius 3 is 2.71 bits per heavy atom. The number of piperazine rings is 1. The number of amides is 1. The van der Waals surface area contributed by atoms with Gasteiger partial charge in [0, 0.05) is 51.1 Å². The minimum absolute atomic E-state index is 0. The topological polar surface area (TPSA) is 75.5 Å². The second kappa shape index (κ2) is 10.6. The summed E-state index contributed by atoms with van der Waals surface area (Å²) in [5.41, 5.74) is 1.57. The lowest BCUT2D eigenvalue weighted by atomic mass is 10.1. The highest BCUT2D eigenvalue weighted by Crippen LogP contribution is 2.30. The van der Waals surface area contributed by atoms with E-state index in [-0.39, 0.29) is 36.8 Å². The highest BCUT2D eigenvalue weighted by molar-refractivity contribution is 7.99. The van der Waals surface area contributed by atoms with Crippen molar-refractivity contribution in [2.24, 2.45) is 0 Å². The van der Waals surface area contributed by atoms with Gasteiger partial charge in [0.1, 0.15) is 0 Å². The molecule has 168 valence electrons. The van der Waals surface area contributed by atoms with Crippen molar-refractivity contribution in [3.8, 4) is 6.07 Å². The first kappa shape index (κ1) is 24.4. The fourth-order valence-electron chi connectivity index (χ4n) is 4.39. The molecule has 11 heteroatoms. The molecule has 0 unspecified atom stereocenters. The summed E-state index contributed by atoms with van der Waals surface area (Å²) in [7, 11) is 0. The van der Waals surface area contributed by atoms with Crippen LogP contribution >= 0.6 is 47.9 Å². The number of nitrogens with one attached hydrogen (secondary N) is 1. The monoisotopic (exact) mass is 500 g/mol. The van der Waals surface area contributed by atoms with Crippen LogP contribution in [0.2, 0.25) is 0 Å². The summed E-state index contributed by atoms with van der Waals surface area (Å²) < 4.78 is 1.13. The molecule has 4 heterocycles. The van der Waals surface area contributed by atoms with Gasteiger partial charge in [0.15, 0.2) is 5.13 Å². The number of nitrogens with zero attached hydrogens (tertiary/aromatic N) is 5. The molecule has 31 heavy (non-hydrogen) atoms. The number of carbonyl (C=O) groups excluding carboxylic acids is 1. The van der Waals surface area contributed by atoms with Gasteiger partial charge in [-0.15, -0.1) is 36.6 Å². The maximum absolute atomic E-state index is 12.6. The average molecular weight is 502 g/mol. The molecule has 3 fully saturated rings. The van der Waals surface area contributed by atoms with Crippen molar-refractivity contribution in [3.63, 3.8) is 0 Å². The number of anilines is 1. The Morgan fingerprint density at radius 2 is 2.00 bits per heavy atom. The Hall–Kier alpha value is -1.28. The lowest BCUT2D eigenvalue weighted by molar-refractivity contribution is -0.131. The summed E-state index contributed by atoms with van der Waals surface area (Å²) in [4.78, 5) is 24.3. The summed E-state index contributed by atoms with van der Waals surface area (Å²) in [6.07, 6.45) is 0.915. The summed E-state index contributed by atoms with van der Waals surface area (Å²) in [5, 5.41) is 13.6. The molecule has 7 nitrogen and oxygen atoms in total. The summed E-state index contributed by atoms with van der Waals surface area (Å²) in [6, 6.07) is 8.32. The zero-order valence-electron chi connectivity index (χ0n) is 17.0. The first-order valence-electron chi connectivity index (χ1n) is 10.1. The van der Waals surface area contributed by atoms with E-state index in [9.17, 15) is 4.79 Å². The fourth-order valence-corrected chi connectivity index (χ4v) is 6.34. The van der Waals surface area contributed by atoms with Crippen molar-refractivity contribution in [1.29, 1.82) is 5.26 Å². The predicted octanol–water partition coefficient (Wildman–Crippen LogP) is 2.40. The Labute approximate surface area is 203 Å². The number of nitriles is 1. The SMILES string of the molecule is Cl.Cl.N#Cc1ccc2sc(N3CCN([C@@H]4CN[C@H](C(=O)N5CCSC5)C4)CC3)nc2c1. The van der Waals surface area contributed by atoms with E-state index in [1.165, 1.54) is 0 Å². The van der Waals surface area contributed by atoms with Crippen LogP contribution in [0.1, 0.15) is 12.0 Å². The molecule has 1 aromatic heterocycles. The van der Waals surface area contributed by atoms with Gasteiger partial charge in [-0.25, -0.2) is 4.98 Å². The number of benzene rings is 1. The molecule has 2 atom stereocenters. The van der Waals surface area contributed by atoms with Crippen molar-refractivity contribution in [3.05, 3.63) is 23.8 Å². The highest BCUT2D eigenvalue weighted by Gasteiger charge is 2.36. The van der Waals surface area contributed by atoms with Gasteiger partial charge < -0.3 is 15.1 Å². The van der Waals surface area contributed by atoms with Crippen molar-refractivity contribution in [2.45, 2.75) is 18.5 Å². The fraction of sp³-hybridized carbons (Fsp3) is 0.550. The van der Waals surface area contributed by atoms with Crippen molar-refractivity contribution < 1.29 is 4.79 Å². The van der Waals surface area contributed by atoms with E-state index in [0.717, 1.165) is 72.7 Å². The molecule has 1 amide bonds. The van der Waals surface area contributed by atoms with Crippen LogP contribution < -0.4 is 10.2 Å². The van der Waals surface area contributed by atoms with Crippen LogP contribution in [0.25, 0.3) is 10.2 Å². The average Bonchev–Trinajstić information content (AvgIpc) is 3.53. The van der Waals surface area contributed by atoms with E-state index in [0.29, 0.717) is 11.6 Å². The van der Waals surface area contributed by atoms with E-state index in [1.54, 1.807) is 11.3 Å². The van der Waals surface area contributed by atoms with E-state index >= 15 is 0 Å². The molecule has 3 saturated heterocycles. The minimum Gasteiger partial charge on any atom is -0.345 e. The van der Waals surface area contributed by atoms with Gasteiger partial charge in [0.25, 0.3) is 0 Å². The molecule has 2 aromatic rings. The van der Waals surface area contributed by atoms with Crippen LogP contribution in [0.3, 0.4) is 0 Å². The zero-order valence-corrected chi connectivity index (χ0v) is 20.3. The Bertz CT molecular complexity index is 953. The highest BCUT2D eigenvalue weighted by atomic mass is 35.5. The van der Waals surface area contributed by atoms with Crippen molar-refractivity contribution in [2.75, 3.05) is 55.8 Å². The third-order valence-electron chi connectivity index (χ3n) is 6.08. The Balaban J connectivity index is 0.00000136. The number of hydrogen-bond donors (Lipinski definition) is 1. The third kappa shape index (κ3) is 5.05. The third-order valence-corrected chi connectivity index (χ3v) is 8.14. The number of aromatic nitrogens is 1. The van der Waals surface area contributed by atoms with Gasteiger partial charge in [0.2, 0.25) is 5.91 Å². The van der Waals surface area contributed by atoms with E-state index in [4.69, 9.17) is 10.2 Å². The zero-order chi connectivity index (χ0) is 19.8. The second-order valence-corrected chi connectivity index (χ2v) is 9.89. The molecule has 1 N–H and O–H groups in total. The Morgan fingerprint density at radius 1 is 1.19 bits per heavy atom. The van der Waals surface area contributed by atoms with Crippen LogP contribution in [-0.2, 0) is 4.79 Å². The van der Waals surface area contributed by atoms with Gasteiger partial charge in [-0.1, -0.05) is 11.3 Å². The molecular formula is C20H26Cl2N6OS2. The molecule has 5 rings (SSSR count). The van der Waals surface area contributed by atoms with Gasteiger partial charge in [-0.05, 0) is 24.6 Å². The molecular weight excluding hydrogens is 475 g/mol. The molecule has 0 radical (unpaired) electrons. The molecule has 3 aliphatic heterocycles. The minimum atomic E-state index is -0.0182. The van der Waals surface area contributed by atoms with Gasteiger partial charge >= 0.3 is 0 Å². The van der Waals surface area contributed by atoms with E-state index in [2.05, 4.69) is 21.2 Å². The number of thiazole rings is 1. The normalized spacial score (nSPS) is 24.0. The number of rotatable bonds is 3. The number of halogens is 2. The first-order valence-corrected chi connectivity index (χ1v) is 12.1. The molecule has 3 aliphatic rings. The number of carbonyl (C=O) groups is 1. The predicted molar refractivity (Wildman–Crippen MR) is 132 cm³/mol. The van der Waals surface area contributed by atoms with Crippen molar-refractivity contribution >= 4 is 69.2 Å². The second-order valence-electron chi connectivity index (χ2n) is 7.80. The summed E-state index contributed by atoms with van der Waals surface area (Å²) in [6.45, 7) is 5.67. The molecule has 0 saturated carbocycles. The standard InChI is InChI=1S/C20H24N6OS2.2ClH/c21-11-14-1-2-18-16(9-14)23-20(29-18)25-5-3-24(4-6-25)15-10-17(22-12-15)19(27)26-7-8-28-13-26;;/h1-2,9,15,17,22H,3-8,10,12-13H2;2*1H/t15-,17-;;/m0../s1. The first-order chi connectivity index (χ1) is 14.2.